The third kappa shape index (κ3) is 6.86. The van der Waals surface area contributed by atoms with Crippen LogP contribution in [0.5, 0.6) is 0 Å². The number of hydrogen-bond acceptors (Lipinski definition) is 4. The van der Waals surface area contributed by atoms with Crippen LogP contribution in [0.25, 0.3) is 6.08 Å². The zero-order chi connectivity index (χ0) is 28.1. The zero-order valence-electron chi connectivity index (χ0n) is 23.7. The fourth-order valence-corrected chi connectivity index (χ4v) is 6.90. The van der Waals surface area contributed by atoms with Gasteiger partial charge in [0.1, 0.15) is 0 Å². The molecule has 0 radical (unpaired) electrons. The van der Waals surface area contributed by atoms with E-state index in [0.717, 1.165) is 59.6 Å². The monoisotopic (exact) mass is 553 g/mol. The Bertz CT molecular complexity index is 1370. The lowest BCUT2D eigenvalue weighted by Gasteiger charge is -2.34. The van der Waals surface area contributed by atoms with E-state index in [1.807, 2.05) is 65.6 Å². The number of carbonyl (C=O) groups excluding carboxylic acids is 2. The maximum Gasteiger partial charge on any atom is 0.265 e. The van der Waals surface area contributed by atoms with Crippen molar-refractivity contribution in [3.05, 3.63) is 100.0 Å². The molecule has 0 aliphatic carbocycles. The normalized spacial score (nSPS) is 20.4. The number of para-hydroxylation sites is 1. The molecule has 2 aliphatic rings. The maximum absolute atomic E-state index is 13.6. The molecular weight excluding hydrogens is 514 g/mol. The van der Waals surface area contributed by atoms with Crippen LogP contribution in [0.1, 0.15) is 53.7 Å². The van der Waals surface area contributed by atoms with Gasteiger partial charge in [0.15, 0.2) is 0 Å². The van der Waals surface area contributed by atoms with Gasteiger partial charge in [-0.1, -0.05) is 74.1 Å². The Morgan fingerprint density at radius 1 is 0.975 bits per heavy atom. The summed E-state index contributed by atoms with van der Waals surface area (Å²) in [5, 5.41) is 3.07. The van der Waals surface area contributed by atoms with Crippen molar-refractivity contribution in [1.29, 1.82) is 0 Å². The number of fused-ring (bicyclic) bond motifs is 1. The summed E-state index contributed by atoms with van der Waals surface area (Å²) < 4.78 is 0. The van der Waals surface area contributed by atoms with Crippen LogP contribution in [0, 0.1) is 18.8 Å². The molecule has 0 aromatic heterocycles. The Morgan fingerprint density at radius 3 is 2.42 bits per heavy atom. The molecule has 208 valence electrons. The predicted octanol–water partition coefficient (Wildman–Crippen LogP) is 6.77. The minimum Gasteiger partial charge on any atom is -0.352 e. The summed E-state index contributed by atoms with van der Waals surface area (Å²) in [6, 6.07) is 23.8. The largest absolute Gasteiger partial charge is 0.352 e. The molecule has 2 aliphatic heterocycles. The van der Waals surface area contributed by atoms with Gasteiger partial charge in [0.05, 0.1) is 17.1 Å². The van der Waals surface area contributed by atoms with Crippen molar-refractivity contribution < 1.29 is 9.59 Å². The molecule has 1 fully saturated rings. The number of nitrogens with zero attached hydrogens (tertiary/aromatic N) is 2. The van der Waals surface area contributed by atoms with Gasteiger partial charge in [0, 0.05) is 30.1 Å². The first-order valence-corrected chi connectivity index (χ1v) is 15.1. The number of nitrogens with one attached hydrogen (secondary N) is 1. The first-order valence-electron chi connectivity index (χ1n) is 14.3. The Balaban J connectivity index is 1.22. The maximum atomic E-state index is 13.6. The number of piperidine rings is 1. The molecular formula is C34H39N3O2S. The van der Waals surface area contributed by atoms with E-state index in [4.69, 9.17) is 0 Å². The van der Waals surface area contributed by atoms with Crippen molar-refractivity contribution in [2.45, 2.75) is 45.1 Å². The second kappa shape index (κ2) is 12.9. The van der Waals surface area contributed by atoms with Crippen LogP contribution in [-0.2, 0) is 11.3 Å². The van der Waals surface area contributed by atoms with Crippen molar-refractivity contribution in [3.63, 3.8) is 0 Å². The number of anilines is 1. The highest BCUT2D eigenvalue weighted by Crippen LogP contribution is 2.42. The highest BCUT2D eigenvalue weighted by Gasteiger charge is 2.29. The summed E-state index contributed by atoms with van der Waals surface area (Å²) in [7, 11) is 0. The Kier molecular flexibility index (Phi) is 9.08. The fraction of sp³-hybridized carbons (Fsp3) is 0.353. The minimum atomic E-state index is -0.0546. The molecule has 40 heavy (non-hydrogen) atoms. The van der Waals surface area contributed by atoms with Gasteiger partial charge >= 0.3 is 0 Å². The van der Waals surface area contributed by atoms with Gasteiger partial charge < -0.3 is 15.1 Å². The lowest BCUT2D eigenvalue weighted by atomic mass is 9.92. The van der Waals surface area contributed by atoms with Crippen molar-refractivity contribution in [2.75, 3.05) is 31.1 Å². The first kappa shape index (κ1) is 28.2. The average Bonchev–Trinajstić information content (AvgIpc) is 2.94. The van der Waals surface area contributed by atoms with E-state index in [1.54, 1.807) is 0 Å². The molecule has 1 saturated heterocycles. The van der Waals surface area contributed by atoms with Crippen LogP contribution < -0.4 is 10.2 Å². The first-order chi connectivity index (χ1) is 19.4. The summed E-state index contributed by atoms with van der Waals surface area (Å²) in [5.41, 5.74) is 4.77. The topological polar surface area (TPSA) is 52.7 Å². The third-order valence-corrected chi connectivity index (χ3v) is 8.85. The number of carbonyl (C=O) groups is 2. The Labute approximate surface area is 242 Å². The van der Waals surface area contributed by atoms with Gasteiger partial charge in [-0.2, -0.15) is 0 Å². The molecule has 5 nitrogen and oxygen atoms in total. The highest BCUT2D eigenvalue weighted by atomic mass is 32.2. The van der Waals surface area contributed by atoms with E-state index in [9.17, 15) is 9.59 Å². The highest BCUT2D eigenvalue weighted by molar-refractivity contribution is 8.04. The van der Waals surface area contributed by atoms with Crippen molar-refractivity contribution >= 4 is 35.3 Å². The summed E-state index contributed by atoms with van der Waals surface area (Å²) in [4.78, 5) is 32.5. The predicted molar refractivity (Wildman–Crippen MR) is 165 cm³/mol. The van der Waals surface area contributed by atoms with E-state index >= 15 is 0 Å². The fourth-order valence-electron chi connectivity index (χ4n) is 5.84. The lowest BCUT2D eigenvalue weighted by Crippen LogP contribution is -2.40. The second-order valence-electron chi connectivity index (χ2n) is 11.3. The molecule has 6 heteroatoms. The van der Waals surface area contributed by atoms with E-state index < -0.39 is 0 Å². The molecule has 2 heterocycles. The third-order valence-electron chi connectivity index (χ3n) is 7.77. The quantitative estimate of drug-likeness (QED) is 0.247. The van der Waals surface area contributed by atoms with E-state index in [2.05, 4.69) is 49.2 Å². The number of benzene rings is 3. The van der Waals surface area contributed by atoms with Crippen LogP contribution in [0.15, 0.2) is 82.6 Å². The standard InChI is InChI=1S/C34H39N3O2S/c1-24-19-25(2)22-36(21-24)18-8-17-35-33(38)28-15-13-27(14-16-28)20-32-34(39)37(23-29-10-5-4-9-26(29)3)30-11-6-7-12-31(30)40-32/h4-7,9-16,20,24-25H,8,17-19,21-23H2,1-3H3,(H,35,38). The van der Waals surface area contributed by atoms with Crippen LogP contribution in [-0.4, -0.2) is 42.9 Å². The molecule has 2 amide bonds. The van der Waals surface area contributed by atoms with Crippen LogP contribution in [0.4, 0.5) is 5.69 Å². The van der Waals surface area contributed by atoms with Gasteiger partial charge in [-0.25, -0.2) is 0 Å². The van der Waals surface area contributed by atoms with Gasteiger partial charge in [0.2, 0.25) is 0 Å². The molecule has 5 rings (SSSR count). The van der Waals surface area contributed by atoms with Crippen LogP contribution >= 0.6 is 11.8 Å². The number of likely N-dealkylation sites (tertiary alicyclic amines) is 1. The molecule has 0 spiro atoms. The second-order valence-corrected chi connectivity index (χ2v) is 12.4. The molecule has 0 saturated carbocycles. The van der Waals surface area contributed by atoms with Crippen molar-refractivity contribution in [1.82, 2.24) is 10.2 Å². The minimum absolute atomic E-state index is 0.00809. The number of amides is 2. The molecule has 1 N–H and O–H groups in total. The van der Waals surface area contributed by atoms with Gasteiger partial charge in [-0.15, -0.1) is 0 Å². The lowest BCUT2D eigenvalue weighted by molar-refractivity contribution is -0.114. The summed E-state index contributed by atoms with van der Waals surface area (Å²) in [5.74, 6) is 1.44. The smallest absolute Gasteiger partial charge is 0.265 e. The van der Waals surface area contributed by atoms with E-state index in [-0.39, 0.29) is 11.8 Å². The van der Waals surface area contributed by atoms with Gasteiger partial charge in [0.25, 0.3) is 11.8 Å². The van der Waals surface area contributed by atoms with Gasteiger partial charge in [-0.05, 0) is 85.2 Å². The molecule has 3 aromatic carbocycles. The van der Waals surface area contributed by atoms with Gasteiger partial charge in [-0.3, -0.25) is 9.59 Å². The molecule has 3 aromatic rings. The van der Waals surface area contributed by atoms with Crippen molar-refractivity contribution in [3.8, 4) is 0 Å². The average molecular weight is 554 g/mol. The number of rotatable bonds is 8. The number of thioether (sulfide) groups is 1. The van der Waals surface area contributed by atoms with Crippen LogP contribution in [0.3, 0.4) is 0 Å². The molecule has 2 atom stereocenters. The SMILES string of the molecule is Cc1ccccc1CN1C(=O)C(=Cc2ccc(C(=O)NCCCN3CC(C)CC(C)C3)cc2)Sc2ccccc21. The summed E-state index contributed by atoms with van der Waals surface area (Å²) in [6.45, 7) is 11.3. The van der Waals surface area contributed by atoms with E-state index in [1.165, 1.54) is 23.7 Å². The Morgan fingerprint density at radius 2 is 1.68 bits per heavy atom. The Hall–Kier alpha value is -3.35. The number of hydrogen-bond donors (Lipinski definition) is 1. The zero-order valence-corrected chi connectivity index (χ0v) is 24.5. The molecule has 2 unspecified atom stereocenters. The summed E-state index contributed by atoms with van der Waals surface area (Å²) in [6.07, 6.45) is 4.19. The number of aryl methyl sites for hydroxylation is 1. The van der Waals surface area contributed by atoms with Crippen molar-refractivity contribution in [2.24, 2.45) is 11.8 Å². The molecule has 0 bridgehead atoms. The summed E-state index contributed by atoms with van der Waals surface area (Å²) >= 11 is 1.50. The van der Waals surface area contributed by atoms with E-state index in [0.29, 0.717) is 23.6 Å². The van der Waals surface area contributed by atoms with Crippen LogP contribution in [0.2, 0.25) is 0 Å².